The molecule has 1 heterocycles. The molecule has 0 bridgehead atoms. The standard InChI is InChI=1S/C25H30ClF4N5O3/c1-38-24(37)21(14-31)32-15-16-2-4-18(19(27)12-16)23(36)33-20-5-3-17(26)13-22(20)35-10-8-34(9-11-35)7-6-25(28,29)30/h2-5,12-13,21,32H,6-11,14-15,31H2,1H3,(H,33,36)/t21-/m1/s1. The Morgan fingerprint density at radius 1 is 1.13 bits per heavy atom. The average Bonchev–Trinajstić information content (AvgIpc) is 2.88. The Bertz CT molecular complexity index is 1130. The van der Waals surface area contributed by atoms with E-state index >= 15 is 0 Å². The maximum Gasteiger partial charge on any atom is 0.390 e. The highest BCUT2D eigenvalue weighted by Gasteiger charge is 2.29. The number of carbonyl (C=O) groups excluding carboxylic acids is 2. The first kappa shape index (κ1) is 29.6. The van der Waals surface area contributed by atoms with Gasteiger partial charge < -0.3 is 20.7 Å². The number of nitrogens with zero attached hydrogens (tertiary/aromatic N) is 2. The third-order valence-electron chi connectivity index (χ3n) is 6.18. The highest BCUT2D eigenvalue weighted by molar-refractivity contribution is 6.31. The Kier molecular flexibility index (Phi) is 10.3. The number of alkyl halides is 3. The number of nitrogens with two attached hydrogens (primary N) is 1. The first-order valence-corrected chi connectivity index (χ1v) is 12.3. The quantitative estimate of drug-likeness (QED) is 0.303. The van der Waals surface area contributed by atoms with E-state index in [0.717, 1.165) is 0 Å². The number of hydrogen-bond donors (Lipinski definition) is 3. The van der Waals surface area contributed by atoms with Crippen LogP contribution in [0.2, 0.25) is 5.02 Å². The molecule has 1 fully saturated rings. The zero-order valence-electron chi connectivity index (χ0n) is 20.8. The van der Waals surface area contributed by atoms with Crippen molar-refractivity contribution in [2.24, 2.45) is 5.73 Å². The molecule has 2 aromatic rings. The lowest BCUT2D eigenvalue weighted by molar-refractivity contribution is -0.143. The first-order chi connectivity index (χ1) is 18.0. The van der Waals surface area contributed by atoms with E-state index in [-0.39, 0.29) is 25.2 Å². The van der Waals surface area contributed by atoms with Gasteiger partial charge in [0.15, 0.2) is 0 Å². The minimum Gasteiger partial charge on any atom is -0.468 e. The van der Waals surface area contributed by atoms with Crippen molar-refractivity contribution in [3.8, 4) is 0 Å². The molecular weight excluding hydrogens is 530 g/mol. The lowest BCUT2D eigenvalue weighted by Crippen LogP contribution is -2.47. The van der Waals surface area contributed by atoms with Crippen molar-refractivity contribution in [2.45, 2.75) is 25.2 Å². The molecule has 4 N–H and O–H groups in total. The van der Waals surface area contributed by atoms with Gasteiger partial charge in [-0.1, -0.05) is 17.7 Å². The largest absolute Gasteiger partial charge is 0.468 e. The Morgan fingerprint density at radius 3 is 2.45 bits per heavy atom. The zero-order chi connectivity index (χ0) is 27.9. The summed E-state index contributed by atoms with van der Waals surface area (Å²) in [6, 6.07) is 8.17. The Morgan fingerprint density at radius 2 is 1.84 bits per heavy atom. The van der Waals surface area contributed by atoms with Crippen molar-refractivity contribution >= 4 is 34.9 Å². The molecule has 208 valence electrons. The molecule has 1 atom stereocenters. The summed E-state index contributed by atoms with van der Waals surface area (Å²) in [4.78, 5) is 28.2. The summed E-state index contributed by atoms with van der Waals surface area (Å²) in [6.45, 7) is 1.77. The zero-order valence-corrected chi connectivity index (χ0v) is 21.5. The van der Waals surface area contributed by atoms with Crippen LogP contribution in [0.15, 0.2) is 36.4 Å². The monoisotopic (exact) mass is 559 g/mol. The second-order valence-electron chi connectivity index (χ2n) is 8.82. The number of ether oxygens (including phenoxy) is 1. The fourth-order valence-corrected chi connectivity index (χ4v) is 4.22. The lowest BCUT2D eigenvalue weighted by atomic mass is 10.1. The average molecular weight is 560 g/mol. The molecule has 2 aromatic carbocycles. The van der Waals surface area contributed by atoms with E-state index < -0.39 is 36.3 Å². The van der Waals surface area contributed by atoms with Gasteiger partial charge in [0.25, 0.3) is 5.91 Å². The van der Waals surface area contributed by atoms with Gasteiger partial charge in [0.05, 0.1) is 30.5 Å². The smallest absolute Gasteiger partial charge is 0.390 e. The highest BCUT2D eigenvalue weighted by Crippen LogP contribution is 2.31. The van der Waals surface area contributed by atoms with Gasteiger partial charge in [-0.05, 0) is 35.9 Å². The molecule has 1 saturated heterocycles. The number of hydrogen-bond acceptors (Lipinski definition) is 7. The normalized spacial score (nSPS) is 15.3. The highest BCUT2D eigenvalue weighted by atomic mass is 35.5. The van der Waals surface area contributed by atoms with Crippen molar-refractivity contribution in [1.29, 1.82) is 0 Å². The molecule has 1 amide bonds. The lowest BCUT2D eigenvalue weighted by Gasteiger charge is -2.37. The minimum absolute atomic E-state index is 0.00166. The molecule has 8 nitrogen and oxygen atoms in total. The van der Waals surface area contributed by atoms with Gasteiger partial charge in [-0.3, -0.25) is 19.8 Å². The number of methoxy groups -OCH3 is 1. The van der Waals surface area contributed by atoms with Crippen LogP contribution in [-0.4, -0.2) is 75.4 Å². The van der Waals surface area contributed by atoms with Crippen LogP contribution in [-0.2, 0) is 16.1 Å². The number of anilines is 2. The second kappa shape index (κ2) is 13.2. The molecule has 1 aliphatic heterocycles. The fourth-order valence-electron chi connectivity index (χ4n) is 4.06. The molecule has 13 heteroatoms. The maximum absolute atomic E-state index is 14.8. The summed E-state index contributed by atoms with van der Waals surface area (Å²) >= 11 is 6.17. The van der Waals surface area contributed by atoms with Crippen LogP contribution < -0.4 is 21.3 Å². The van der Waals surface area contributed by atoms with Crippen LogP contribution in [0.3, 0.4) is 0 Å². The minimum atomic E-state index is -4.21. The van der Waals surface area contributed by atoms with E-state index in [9.17, 15) is 27.2 Å². The summed E-state index contributed by atoms with van der Waals surface area (Å²) in [5.41, 5.74) is 6.85. The SMILES string of the molecule is COC(=O)[C@@H](CN)NCc1ccc(C(=O)Nc2ccc(Cl)cc2N2CCN(CCC(F)(F)F)CC2)c(F)c1. The predicted octanol–water partition coefficient (Wildman–Crippen LogP) is 3.40. The van der Waals surface area contributed by atoms with Crippen molar-refractivity contribution in [3.63, 3.8) is 0 Å². The number of amides is 1. The van der Waals surface area contributed by atoms with Crippen molar-refractivity contribution in [3.05, 3.63) is 58.4 Å². The Hall–Kier alpha value is -2.93. The third kappa shape index (κ3) is 8.29. The molecule has 0 spiro atoms. The van der Waals surface area contributed by atoms with Crippen LogP contribution in [0.4, 0.5) is 28.9 Å². The molecule has 3 rings (SSSR count). The maximum atomic E-state index is 14.8. The molecular formula is C25H30ClF4N5O3. The molecule has 0 unspecified atom stereocenters. The molecule has 0 radical (unpaired) electrons. The number of rotatable bonds is 10. The number of carbonyl (C=O) groups is 2. The van der Waals surface area contributed by atoms with Crippen LogP contribution in [0.25, 0.3) is 0 Å². The van der Waals surface area contributed by atoms with Gasteiger partial charge in [-0.15, -0.1) is 0 Å². The number of esters is 1. The van der Waals surface area contributed by atoms with Crippen molar-refractivity contribution in [1.82, 2.24) is 10.2 Å². The molecule has 0 aromatic heterocycles. The van der Waals surface area contributed by atoms with Gasteiger partial charge in [0.2, 0.25) is 0 Å². The van der Waals surface area contributed by atoms with Crippen LogP contribution in [0.1, 0.15) is 22.3 Å². The number of benzene rings is 2. The van der Waals surface area contributed by atoms with Crippen LogP contribution in [0, 0.1) is 5.82 Å². The van der Waals surface area contributed by atoms with Crippen LogP contribution in [0.5, 0.6) is 0 Å². The first-order valence-electron chi connectivity index (χ1n) is 12.0. The molecule has 0 aliphatic carbocycles. The van der Waals surface area contributed by atoms with Gasteiger partial charge >= 0.3 is 12.1 Å². The van der Waals surface area contributed by atoms with E-state index in [2.05, 4.69) is 15.4 Å². The Labute approximate surface area is 223 Å². The summed E-state index contributed by atoms with van der Waals surface area (Å²) in [6.07, 6.45) is -5.08. The van der Waals surface area contributed by atoms with E-state index in [1.807, 2.05) is 4.90 Å². The Balaban J connectivity index is 1.66. The summed E-state index contributed by atoms with van der Waals surface area (Å²) in [7, 11) is 1.24. The summed E-state index contributed by atoms with van der Waals surface area (Å²) in [5, 5.41) is 6.01. The van der Waals surface area contributed by atoms with E-state index in [1.54, 1.807) is 29.2 Å². The van der Waals surface area contributed by atoms with Gasteiger partial charge in [-0.2, -0.15) is 13.2 Å². The third-order valence-corrected chi connectivity index (χ3v) is 6.42. The topological polar surface area (TPSA) is 99.9 Å². The van der Waals surface area contributed by atoms with Gasteiger partial charge in [-0.25, -0.2) is 4.39 Å². The van der Waals surface area contributed by atoms with Crippen molar-refractivity contribution in [2.75, 3.05) is 56.6 Å². The van der Waals surface area contributed by atoms with Gasteiger partial charge in [0, 0.05) is 50.8 Å². The summed E-state index contributed by atoms with van der Waals surface area (Å²) < 4.78 is 57.1. The van der Waals surface area contributed by atoms with E-state index in [4.69, 9.17) is 17.3 Å². The predicted molar refractivity (Wildman–Crippen MR) is 137 cm³/mol. The number of nitrogens with one attached hydrogen (secondary N) is 2. The number of halogens is 5. The summed E-state index contributed by atoms with van der Waals surface area (Å²) in [5.74, 6) is -1.97. The van der Waals surface area contributed by atoms with E-state index in [1.165, 1.54) is 19.2 Å². The number of piperazine rings is 1. The molecule has 1 aliphatic rings. The molecule has 38 heavy (non-hydrogen) atoms. The van der Waals surface area contributed by atoms with E-state index in [0.29, 0.717) is 48.1 Å². The fraction of sp³-hybridized carbons (Fsp3) is 0.440. The van der Waals surface area contributed by atoms with Crippen LogP contribution >= 0.6 is 11.6 Å². The van der Waals surface area contributed by atoms with Gasteiger partial charge in [0.1, 0.15) is 11.9 Å². The second-order valence-corrected chi connectivity index (χ2v) is 9.25. The van der Waals surface area contributed by atoms with Crippen molar-refractivity contribution < 1.29 is 31.9 Å². The molecule has 0 saturated carbocycles.